The molecule has 168 valence electrons. The molecule has 0 radical (unpaired) electrons. The van der Waals surface area contributed by atoms with Gasteiger partial charge in [-0.1, -0.05) is 19.6 Å². The number of morpholine rings is 1. The maximum atomic E-state index is 6.58. The number of benzene rings is 1. The number of aryl methyl sites for hydroxylation is 1. The average Bonchev–Trinajstić information content (AvgIpc) is 2.79. The van der Waals surface area contributed by atoms with Gasteiger partial charge < -0.3 is 19.3 Å². The molecule has 1 fully saturated rings. The Labute approximate surface area is 190 Å². The van der Waals surface area contributed by atoms with Crippen molar-refractivity contribution >= 4 is 11.7 Å². The SMILES string of the molecule is C=C1C=C(c2ccncc2)N=C(N2CC(c3cc(OC)ccc3CC)OC(C)(C)C2)N1C. The van der Waals surface area contributed by atoms with Crippen LogP contribution in [0.2, 0.25) is 0 Å². The van der Waals surface area contributed by atoms with Crippen molar-refractivity contribution in [2.45, 2.75) is 38.9 Å². The lowest BCUT2D eigenvalue weighted by Gasteiger charge is -2.46. The van der Waals surface area contributed by atoms with Crippen molar-refractivity contribution in [3.63, 3.8) is 0 Å². The predicted molar refractivity (Wildman–Crippen MR) is 128 cm³/mol. The third-order valence-corrected chi connectivity index (χ3v) is 6.01. The number of ether oxygens (including phenoxy) is 2. The van der Waals surface area contributed by atoms with Crippen LogP contribution < -0.4 is 4.74 Å². The van der Waals surface area contributed by atoms with Crippen LogP contribution in [0.25, 0.3) is 5.70 Å². The molecule has 2 aliphatic heterocycles. The minimum atomic E-state index is -0.348. The topological polar surface area (TPSA) is 50.2 Å². The van der Waals surface area contributed by atoms with Crippen LogP contribution in [0.4, 0.5) is 0 Å². The molecule has 1 saturated heterocycles. The van der Waals surface area contributed by atoms with E-state index < -0.39 is 0 Å². The number of aromatic nitrogens is 1. The Morgan fingerprint density at radius 1 is 1.22 bits per heavy atom. The molecule has 6 heteroatoms. The van der Waals surface area contributed by atoms with Crippen LogP contribution >= 0.6 is 0 Å². The third kappa shape index (κ3) is 4.41. The van der Waals surface area contributed by atoms with Crippen molar-refractivity contribution in [2.75, 3.05) is 27.2 Å². The summed E-state index contributed by atoms with van der Waals surface area (Å²) >= 11 is 0. The Morgan fingerprint density at radius 3 is 2.66 bits per heavy atom. The van der Waals surface area contributed by atoms with Crippen LogP contribution in [0.15, 0.2) is 66.1 Å². The fraction of sp³-hybridized carbons (Fsp3) is 0.385. The Hall–Kier alpha value is -3.12. The van der Waals surface area contributed by atoms with Crippen LogP contribution in [-0.2, 0) is 11.2 Å². The van der Waals surface area contributed by atoms with Gasteiger partial charge in [0, 0.05) is 37.2 Å². The van der Waals surface area contributed by atoms with Crippen LogP contribution in [0.1, 0.15) is 43.6 Å². The number of pyridine rings is 1. The maximum Gasteiger partial charge on any atom is 0.206 e. The first-order valence-electron chi connectivity index (χ1n) is 11.0. The van der Waals surface area contributed by atoms with E-state index in [-0.39, 0.29) is 11.7 Å². The molecule has 32 heavy (non-hydrogen) atoms. The number of methoxy groups -OCH3 is 1. The summed E-state index contributed by atoms with van der Waals surface area (Å²) in [7, 11) is 3.72. The lowest BCUT2D eigenvalue weighted by molar-refractivity contribution is -0.124. The van der Waals surface area contributed by atoms with E-state index in [1.54, 1.807) is 19.5 Å². The highest BCUT2D eigenvalue weighted by Crippen LogP contribution is 2.36. The van der Waals surface area contributed by atoms with Crippen LogP contribution in [-0.4, -0.2) is 53.6 Å². The first kappa shape index (κ1) is 22.1. The second kappa shape index (κ2) is 8.79. The van der Waals surface area contributed by atoms with Gasteiger partial charge in [-0.05, 0) is 61.7 Å². The summed E-state index contributed by atoms with van der Waals surface area (Å²) in [6.45, 7) is 12.1. The van der Waals surface area contributed by atoms with Crippen molar-refractivity contribution in [1.29, 1.82) is 0 Å². The third-order valence-electron chi connectivity index (χ3n) is 6.01. The second-order valence-electron chi connectivity index (χ2n) is 8.89. The van der Waals surface area contributed by atoms with Crippen molar-refractivity contribution in [2.24, 2.45) is 4.99 Å². The van der Waals surface area contributed by atoms with Gasteiger partial charge in [0.2, 0.25) is 5.96 Å². The summed E-state index contributed by atoms with van der Waals surface area (Å²) in [6.07, 6.45) is 6.43. The number of hydrogen-bond donors (Lipinski definition) is 0. The van der Waals surface area contributed by atoms with E-state index in [1.807, 2.05) is 31.3 Å². The van der Waals surface area contributed by atoms with E-state index in [0.29, 0.717) is 6.54 Å². The number of allylic oxidation sites excluding steroid dienone is 1. The Balaban J connectivity index is 1.71. The second-order valence-corrected chi connectivity index (χ2v) is 8.89. The number of aliphatic imine (C=N–C) groups is 1. The van der Waals surface area contributed by atoms with Gasteiger partial charge >= 0.3 is 0 Å². The number of likely N-dealkylation sites (N-methyl/N-ethyl adjacent to an activating group) is 1. The highest BCUT2D eigenvalue weighted by atomic mass is 16.5. The first-order valence-corrected chi connectivity index (χ1v) is 11.0. The summed E-state index contributed by atoms with van der Waals surface area (Å²) < 4.78 is 12.1. The lowest BCUT2D eigenvalue weighted by atomic mass is 9.96. The summed E-state index contributed by atoms with van der Waals surface area (Å²) in [5.74, 6) is 1.73. The van der Waals surface area contributed by atoms with Crippen LogP contribution in [0.5, 0.6) is 5.75 Å². The summed E-state index contributed by atoms with van der Waals surface area (Å²) in [6, 6.07) is 10.2. The molecule has 2 aromatic rings. The molecule has 3 heterocycles. The van der Waals surface area contributed by atoms with Crippen molar-refractivity contribution in [3.05, 3.63) is 77.8 Å². The highest BCUT2D eigenvalue weighted by molar-refractivity contribution is 5.91. The molecule has 0 spiro atoms. The van der Waals surface area contributed by atoms with Crippen molar-refractivity contribution in [1.82, 2.24) is 14.8 Å². The van der Waals surface area contributed by atoms with Gasteiger partial charge in [-0.15, -0.1) is 0 Å². The number of hydrogen-bond acceptors (Lipinski definition) is 6. The largest absolute Gasteiger partial charge is 0.497 e. The van der Waals surface area contributed by atoms with E-state index in [1.165, 1.54) is 11.1 Å². The average molecular weight is 433 g/mol. The van der Waals surface area contributed by atoms with Crippen molar-refractivity contribution in [3.8, 4) is 5.75 Å². The molecular formula is C26H32N4O2. The fourth-order valence-corrected chi connectivity index (χ4v) is 4.37. The Morgan fingerprint density at radius 2 is 1.97 bits per heavy atom. The zero-order valence-corrected chi connectivity index (χ0v) is 19.6. The summed E-state index contributed by atoms with van der Waals surface area (Å²) in [4.78, 5) is 13.5. The number of nitrogens with zero attached hydrogens (tertiary/aromatic N) is 4. The quantitative estimate of drug-likeness (QED) is 0.703. The van der Waals surface area contributed by atoms with Gasteiger partial charge in [-0.2, -0.15) is 0 Å². The zero-order valence-electron chi connectivity index (χ0n) is 19.6. The molecule has 1 atom stereocenters. The molecule has 0 saturated carbocycles. The molecule has 2 aliphatic rings. The molecule has 1 unspecified atom stereocenters. The molecule has 6 nitrogen and oxygen atoms in total. The van der Waals surface area contributed by atoms with Crippen LogP contribution in [0, 0.1) is 0 Å². The molecular weight excluding hydrogens is 400 g/mol. The molecule has 0 N–H and O–H groups in total. The van der Waals surface area contributed by atoms with Gasteiger partial charge in [-0.25, -0.2) is 4.99 Å². The standard InChI is InChI=1S/C26H32N4O2/c1-7-19-8-9-21(31-6)15-22(19)24-16-30(17-26(3,4)32-24)25-28-23(14-18(2)29(25)5)20-10-12-27-13-11-20/h8-15,24H,2,7,16-17H2,1,3-6H3. The van der Waals surface area contributed by atoms with Gasteiger partial charge in [-0.3, -0.25) is 4.98 Å². The van der Waals surface area contributed by atoms with Crippen molar-refractivity contribution < 1.29 is 9.47 Å². The van der Waals surface area contributed by atoms with Gasteiger partial charge in [0.15, 0.2) is 0 Å². The minimum absolute atomic E-state index is 0.0940. The lowest BCUT2D eigenvalue weighted by Crippen LogP contribution is -2.55. The monoisotopic (exact) mass is 432 g/mol. The maximum absolute atomic E-state index is 6.58. The number of rotatable bonds is 4. The van der Waals surface area contributed by atoms with E-state index in [2.05, 4.69) is 54.3 Å². The summed E-state index contributed by atoms with van der Waals surface area (Å²) in [5.41, 5.74) is 4.92. The van der Waals surface area contributed by atoms with E-state index in [9.17, 15) is 0 Å². The zero-order chi connectivity index (χ0) is 22.9. The molecule has 0 aliphatic carbocycles. The van der Waals surface area contributed by atoms with Crippen LogP contribution in [0.3, 0.4) is 0 Å². The fourth-order valence-electron chi connectivity index (χ4n) is 4.37. The molecule has 1 aromatic heterocycles. The van der Waals surface area contributed by atoms with Gasteiger partial charge in [0.05, 0.1) is 25.0 Å². The molecule has 0 amide bonds. The van der Waals surface area contributed by atoms with E-state index in [4.69, 9.17) is 14.5 Å². The van der Waals surface area contributed by atoms with Gasteiger partial charge in [0.1, 0.15) is 11.9 Å². The normalized spacial score (nSPS) is 20.7. The van der Waals surface area contributed by atoms with Gasteiger partial charge in [0.25, 0.3) is 0 Å². The number of guanidine groups is 1. The Bertz CT molecular complexity index is 1060. The molecule has 4 rings (SSSR count). The first-order chi connectivity index (χ1) is 15.3. The summed E-state index contributed by atoms with van der Waals surface area (Å²) in [5, 5.41) is 0. The smallest absolute Gasteiger partial charge is 0.206 e. The van der Waals surface area contributed by atoms with E-state index >= 15 is 0 Å². The predicted octanol–water partition coefficient (Wildman–Crippen LogP) is 4.66. The van der Waals surface area contributed by atoms with E-state index in [0.717, 1.165) is 41.6 Å². The minimum Gasteiger partial charge on any atom is -0.497 e. The molecule has 1 aromatic carbocycles. The molecule has 0 bridgehead atoms. The highest BCUT2D eigenvalue weighted by Gasteiger charge is 2.38. The Kier molecular flexibility index (Phi) is 6.07.